The van der Waals surface area contributed by atoms with E-state index in [-0.39, 0.29) is 11.6 Å². The van der Waals surface area contributed by atoms with Crippen LogP contribution in [0.15, 0.2) is 83.5 Å². The number of rotatable bonds is 8. The Morgan fingerprint density at radius 3 is 2.48 bits per heavy atom. The summed E-state index contributed by atoms with van der Waals surface area (Å²) in [6.07, 6.45) is 1.56. The van der Waals surface area contributed by atoms with Crippen LogP contribution in [0.5, 0.6) is 0 Å². The molecule has 31 heavy (non-hydrogen) atoms. The van der Waals surface area contributed by atoms with E-state index in [9.17, 15) is 14.9 Å². The summed E-state index contributed by atoms with van der Waals surface area (Å²) >= 11 is 0. The molecule has 9 heteroatoms. The van der Waals surface area contributed by atoms with Crippen LogP contribution in [-0.2, 0) is 0 Å². The van der Waals surface area contributed by atoms with Crippen LogP contribution in [0.2, 0.25) is 0 Å². The molecular formula is C22H19N5O4. The van der Waals surface area contributed by atoms with E-state index in [1.54, 1.807) is 41.3 Å². The zero-order chi connectivity index (χ0) is 21.6. The molecule has 0 saturated heterocycles. The average Bonchev–Trinajstić information content (AvgIpc) is 3.47. The number of benzene rings is 2. The number of para-hydroxylation sites is 1. The summed E-state index contributed by atoms with van der Waals surface area (Å²) in [6.45, 7) is 0.805. The van der Waals surface area contributed by atoms with Gasteiger partial charge in [0.1, 0.15) is 11.4 Å². The van der Waals surface area contributed by atoms with E-state index in [1.807, 2.05) is 30.3 Å². The first-order valence-electron chi connectivity index (χ1n) is 9.58. The Labute approximate surface area is 177 Å². The highest BCUT2D eigenvalue weighted by Gasteiger charge is 2.18. The van der Waals surface area contributed by atoms with E-state index in [0.717, 1.165) is 11.4 Å². The van der Waals surface area contributed by atoms with Gasteiger partial charge in [-0.2, -0.15) is 5.10 Å². The molecule has 0 saturated carbocycles. The van der Waals surface area contributed by atoms with Crippen molar-refractivity contribution >= 4 is 17.3 Å². The highest BCUT2D eigenvalue weighted by atomic mass is 16.6. The van der Waals surface area contributed by atoms with Crippen molar-refractivity contribution in [2.75, 3.05) is 18.4 Å². The van der Waals surface area contributed by atoms with Gasteiger partial charge in [-0.25, -0.2) is 4.68 Å². The van der Waals surface area contributed by atoms with Gasteiger partial charge in [-0.05, 0) is 36.4 Å². The second-order valence-electron chi connectivity index (χ2n) is 6.63. The number of hydrogen-bond donors (Lipinski definition) is 2. The van der Waals surface area contributed by atoms with Gasteiger partial charge in [0.2, 0.25) is 0 Å². The largest absolute Gasteiger partial charge is 0.463 e. The monoisotopic (exact) mass is 417 g/mol. The fraction of sp³-hybridized carbons (Fsp3) is 0.0909. The molecule has 2 heterocycles. The Kier molecular flexibility index (Phi) is 5.75. The maximum absolute atomic E-state index is 12.8. The molecule has 0 aliphatic heterocycles. The van der Waals surface area contributed by atoms with E-state index in [0.29, 0.717) is 30.2 Å². The summed E-state index contributed by atoms with van der Waals surface area (Å²) < 4.78 is 6.99. The van der Waals surface area contributed by atoms with Gasteiger partial charge in [0.05, 0.1) is 16.9 Å². The van der Waals surface area contributed by atoms with Gasteiger partial charge >= 0.3 is 0 Å². The van der Waals surface area contributed by atoms with Crippen molar-refractivity contribution < 1.29 is 14.1 Å². The molecule has 2 aromatic carbocycles. The summed E-state index contributed by atoms with van der Waals surface area (Å²) in [5, 5.41) is 21.2. The Balaban J connectivity index is 1.43. The molecule has 2 N–H and O–H groups in total. The number of carbonyl (C=O) groups is 1. The minimum absolute atomic E-state index is 0.0281. The molecule has 0 unspecified atom stereocenters. The standard InChI is InChI=1S/C22H19N5O4/c28-22(24-13-12-23-16-8-10-18(11-9-16)27(29)30)20-15-19(21-7-4-14-31-21)25-26(20)17-5-2-1-3-6-17/h1-11,14-15,23H,12-13H2,(H,24,28). The summed E-state index contributed by atoms with van der Waals surface area (Å²) in [4.78, 5) is 23.1. The third-order valence-electron chi connectivity index (χ3n) is 4.53. The van der Waals surface area contributed by atoms with Crippen LogP contribution < -0.4 is 10.6 Å². The van der Waals surface area contributed by atoms with Gasteiger partial charge in [-0.15, -0.1) is 0 Å². The number of nitrogens with zero attached hydrogens (tertiary/aromatic N) is 3. The third kappa shape index (κ3) is 4.61. The summed E-state index contributed by atoms with van der Waals surface area (Å²) in [5.41, 5.74) is 2.46. The quantitative estimate of drug-likeness (QED) is 0.255. The normalized spacial score (nSPS) is 10.6. The van der Waals surface area contributed by atoms with Crippen LogP contribution in [0.25, 0.3) is 17.1 Å². The third-order valence-corrected chi connectivity index (χ3v) is 4.53. The van der Waals surface area contributed by atoms with Gasteiger partial charge < -0.3 is 15.1 Å². The predicted molar refractivity (Wildman–Crippen MR) is 115 cm³/mol. The number of nitro groups is 1. The van der Waals surface area contributed by atoms with Crippen molar-refractivity contribution in [1.82, 2.24) is 15.1 Å². The van der Waals surface area contributed by atoms with Crippen molar-refractivity contribution in [3.05, 3.63) is 94.9 Å². The number of carbonyl (C=O) groups excluding carboxylic acids is 1. The maximum atomic E-state index is 12.8. The fourth-order valence-electron chi connectivity index (χ4n) is 3.03. The maximum Gasteiger partial charge on any atom is 0.270 e. The molecule has 0 aliphatic carbocycles. The van der Waals surface area contributed by atoms with Crippen LogP contribution in [0, 0.1) is 10.1 Å². The molecule has 0 atom stereocenters. The van der Waals surface area contributed by atoms with Gasteiger partial charge in [-0.3, -0.25) is 14.9 Å². The predicted octanol–water partition coefficient (Wildman–Crippen LogP) is 3.88. The molecule has 0 aliphatic rings. The van der Waals surface area contributed by atoms with Crippen LogP contribution >= 0.6 is 0 Å². The number of aromatic nitrogens is 2. The lowest BCUT2D eigenvalue weighted by Gasteiger charge is -2.09. The minimum Gasteiger partial charge on any atom is -0.463 e. The molecule has 1 amide bonds. The van der Waals surface area contributed by atoms with E-state index in [1.165, 1.54) is 12.1 Å². The molecule has 0 radical (unpaired) electrons. The van der Waals surface area contributed by atoms with E-state index >= 15 is 0 Å². The van der Waals surface area contributed by atoms with Gasteiger partial charge in [0.15, 0.2) is 5.76 Å². The molecule has 2 aromatic heterocycles. The van der Waals surface area contributed by atoms with E-state index < -0.39 is 4.92 Å². The Morgan fingerprint density at radius 2 is 1.81 bits per heavy atom. The van der Waals surface area contributed by atoms with Crippen molar-refractivity contribution in [2.24, 2.45) is 0 Å². The Bertz CT molecular complexity index is 1170. The van der Waals surface area contributed by atoms with E-state index in [4.69, 9.17) is 4.42 Å². The average molecular weight is 417 g/mol. The smallest absolute Gasteiger partial charge is 0.270 e. The summed E-state index contributed by atoms with van der Waals surface area (Å²) in [6, 6.07) is 20.7. The number of non-ortho nitro benzene ring substituents is 1. The lowest BCUT2D eigenvalue weighted by molar-refractivity contribution is -0.384. The van der Waals surface area contributed by atoms with Crippen LogP contribution in [-0.4, -0.2) is 33.7 Å². The van der Waals surface area contributed by atoms with E-state index in [2.05, 4.69) is 15.7 Å². The van der Waals surface area contributed by atoms with Crippen molar-refractivity contribution in [3.8, 4) is 17.1 Å². The van der Waals surface area contributed by atoms with Crippen molar-refractivity contribution in [1.29, 1.82) is 0 Å². The first-order chi connectivity index (χ1) is 15.1. The van der Waals surface area contributed by atoms with Gasteiger partial charge in [0.25, 0.3) is 11.6 Å². The number of amides is 1. The molecule has 4 rings (SSSR count). The SMILES string of the molecule is O=C(NCCNc1ccc([N+](=O)[O-])cc1)c1cc(-c2ccco2)nn1-c1ccccc1. The van der Waals surface area contributed by atoms with Crippen LogP contribution in [0.1, 0.15) is 10.5 Å². The van der Waals surface area contributed by atoms with Gasteiger partial charge in [-0.1, -0.05) is 18.2 Å². The number of furan rings is 1. The molecule has 0 bridgehead atoms. The minimum atomic E-state index is -0.448. The summed E-state index contributed by atoms with van der Waals surface area (Å²) in [7, 11) is 0. The van der Waals surface area contributed by atoms with Crippen molar-refractivity contribution in [2.45, 2.75) is 0 Å². The molecule has 0 fully saturated rings. The Morgan fingerprint density at radius 1 is 1.03 bits per heavy atom. The first kappa shape index (κ1) is 19.9. The van der Waals surface area contributed by atoms with Crippen molar-refractivity contribution in [3.63, 3.8) is 0 Å². The Hall–Kier alpha value is -4.40. The number of nitrogens with one attached hydrogen (secondary N) is 2. The fourth-order valence-corrected chi connectivity index (χ4v) is 3.03. The zero-order valence-electron chi connectivity index (χ0n) is 16.4. The molecule has 156 valence electrons. The second kappa shape index (κ2) is 8.95. The highest BCUT2D eigenvalue weighted by molar-refractivity contribution is 5.94. The lowest BCUT2D eigenvalue weighted by atomic mass is 10.2. The topological polar surface area (TPSA) is 115 Å². The number of hydrogen-bond acceptors (Lipinski definition) is 6. The highest BCUT2D eigenvalue weighted by Crippen LogP contribution is 2.22. The van der Waals surface area contributed by atoms with Gasteiger partial charge in [0, 0.05) is 37.0 Å². The van der Waals surface area contributed by atoms with Crippen LogP contribution in [0.4, 0.5) is 11.4 Å². The second-order valence-corrected chi connectivity index (χ2v) is 6.63. The number of anilines is 1. The van der Waals surface area contributed by atoms with Crippen LogP contribution in [0.3, 0.4) is 0 Å². The molecule has 4 aromatic rings. The summed E-state index contributed by atoms with van der Waals surface area (Å²) in [5.74, 6) is 0.295. The number of nitro benzene ring substituents is 1. The zero-order valence-corrected chi connectivity index (χ0v) is 16.4. The first-order valence-corrected chi connectivity index (χ1v) is 9.58. The molecule has 9 nitrogen and oxygen atoms in total. The lowest BCUT2D eigenvalue weighted by Crippen LogP contribution is -2.30. The molecular weight excluding hydrogens is 398 g/mol. The molecule has 0 spiro atoms.